The van der Waals surface area contributed by atoms with Gasteiger partial charge in [-0.25, -0.2) is 0 Å². The molecule has 11 heavy (non-hydrogen) atoms. The first kappa shape index (κ1) is 15.2. The van der Waals surface area contributed by atoms with E-state index in [4.69, 9.17) is 37.7 Å². The van der Waals surface area contributed by atoms with Crippen LogP contribution in [0.25, 0.3) is 0 Å². The van der Waals surface area contributed by atoms with Crippen LogP contribution in [0.2, 0.25) is 0 Å². The molecule has 0 saturated heterocycles. The van der Waals surface area contributed by atoms with E-state index in [1.54, 1.807) is 14.2 Å². The Morgan fingerprint density at radius 1 is 0.909 bits per heavy atom. The van der Waals surface area contributed by atoms with Crippen LogP contribution in [0.4, 0.5) is 0 Å². The van der Waals surface area contributed by atoms with Crippen LogP contribution in [0.3, 0.4) is 0 Å². The van der Waals surface area contributed by atoms with Gasteiger partial charge in [0.2, 0.25) is 0 Å². The van der Waals surface area contributed by atoms with Crippen molar-refractivity contribution in [2.45, 2.75) is 0 Å². The zero-order valence-electron chi connectivity index (χ0n) is 6.15. The van der Waals surface area contributed by atoms with E-state index in [0.717, 1.165) is 0 Å². The number of ether oxygens (including phenoxy) is 2. The van der Waals surface area contributed by atoms with Crippen LogP contribution in [0, 0.1) is 0 Å². The first-order valence-corrected chi connectivity index (χ1v) is 17.1. The van der Waals surface area contributed by atoms with Gasteiger partial charge in [0.15, 0.2) is 0 Å². The van der Waals surface area contributed by atoms with Crippen LogP contribution >= 0.6 is 37.7 Å². The standard InChI is InChI=1S/C4H10O2.4ClH.W/c1-5-3-4-6-2;;;;;/h3-4H2,1-2H3;4*1H;/q;;;;;+4/p-4. The van der Waals surface area contributed by atoms with Gasteiger partial charge >= 0.3 is 49.6 Å². The van der Waals surface area contributed by atoms with Gasteiger partial charge in [0.05, 0.1) is 13.2 Å². The van der Waals surface area contributed by atoms with E-state index in [-0.39, 0.29) is 0 Å². The molecular weight excluding hydrogens is 406 g/mol. The second-order valence-corrected chi connectivity index (χ2v) is 26.8. The molecule has 0 aromatic heterocycles. The molecule has 0 spiro atoms. The minimum atomic E-state index is -3.28. The maximum atomic E-state index is 5.03. The molecule has 0 bridgehead atoms. The number of hydrogen-bond acceptors (Lipinski definition) is 2. The molecule has 0 aliphatic heterocycles. The summed E-state index contributed by atoms with van der Waals surface area (Å²) in [7, 11) is 23.4. The van der Waals surface area contributed by atoms with E-state index in [0.29, 0.717) is 13.2 Å². The molecule has 0 heterocycles. The zero-order valence-corrected chi connectivity index (χ0v) is 12.1. The van der Waals surface area contributed by atoms with Gasteiger partial charge in [0, 0.05) is 14.2 Å². The molecule has 72 valence electrons. The molecule has 0 saturated carbocycles. The Morgan fingerprint density at radius 2 is 1.09 bits per heavy atom. The predicted molar refractivity (Wildman–Crippen MR) is 47.2 cm³/mol. The van der Waals surface area contributed by atoms with E-state index in [1.165, 1.54) is 0 Å². The predicted octanol–water partition coefficient (Wildman–Crippen LogP) is 3.03. The fourth-order valence-electron chi connectivity index (χ4n) is 0.167. The summed E-state index contributed by atoms with van der Waals surface area (Å²) in [4.78, 5) is 0. The molecule has 0 N–H and O–H groups in total. The normalized spacial score (nSPS) is 11.8. The molecule has 0 aliphatic carbocycles. The van der Waals surface area contributed by atoms with Crippen LogP contribution in [-0.2, 0) is 21.4 Å². The van der Waals surface area contributed by atoms with Gasteiger partial charge in [0.1, 0.15) is 0 Å². The average Bonchev–Trinajstić information content (AvgIpc) is 1.79. The van der Waals surface area contributed by atoms with E-state index in [9.17, 15) is 0 Å². The Hall–Kier alpha value is 1.77. The Kier molecular flexibility index (Phi) is 13.7. The van der Waals surface area contributed by atoms with Crippen LogP contribution in [-0.4, -0.2) is 27.4 Å². The Morgan fingerprint density at radius 3 is 1.18 bits per heavy atom. The van der Waals surface area contributed by atoms with Crippen molar-refractivity contribution < 1.29 is 21.4 Å². The molecule has 0 aromatic carbocycles. The van der Waals surface area contributed by atoms with Crippen molar-refractivity contribution in [2.75, 3.05) is 27.4 Å². The first-order chi connectivity index (χ1) is 4.91. The van der Waals surface area contributed by atoms with Crippen molar-refractivity contribution in [3.05, 3.63) is 0 Å². The maximum absolute atomic E-state index is 5.03. The monoisotopic (exact) mass is 414 g/mol. The molecular formula is C4H10Cl4O2W. The van der Waals surface area contributed by atoms with Gasteiger partial charge in [-0.15, -0.1) is 0 Å². The number of halogens is 4. The van der Waals surface area contributed by atoms with Crippen LogP contribution in [0.5, 0.6) is 0 Å². The van der Waals surface area contributed by atoms with Gasteiger partial charge in [-0.05, 0) is 0 Å². The van der Waals surface area contributed by atoms with Gasteiger partial charge < -0.3 is 9.47 Å². The zero-order chi connectivity index (χ0) is 9.33. The molecule has 0 aliphatic rings. The van der Waals surface area contributed by atoms with Crippen LogP contribution in [0.15, 0.2) is 0 Å². The van der Waals surface area contributed by atoms with Gasteiger partial charge in [-0.1, -0.05) is 0 Å². The van der Waals surface area contributed by atoms with Gasteiger partial charge in [0.25, 0.3) is 0 Å². The van der Waals surface area contributed by atoms with Crippen molar-refractivity contribution in [3.8, 4) is 0 Å². The van der Waals surface area contributed by atoms with Crippen molar-refractivity contribution in [3.63, 3.8) is 0 Å². The third kappa shape index (κ3) is 49.4. The summed E-state index contributed by atoms with van der Waals surface area (Å²) in [6, 6.07) is 0. The summed E-state index contributed by atoms with van der Waals surface area (Å²) in [6.45, 7) is 1.38. The van der Waals surface area contributed by atoms with E-state index in [2.05, 4.69) is 9.47 Å². The van der Waals surface area contributed by atoms with Gasteiger partial charge in [-0.2, -0.15) is 0 Å². The summed E-state index contributed by atoms with van der Waals surface area (Å²) < 4.78 is 9.31. The Bertz CT molecular complexity index is 67.0. The topological polar surface area (TPSA) is 18.5 Å². The second kappa shape index (κ2) is 9.85. The quantitative estimate of drug-likeness (QED) is 0.660. The number of rotatable bonds is 3. The molecule has 0 amide bonds. The van der Waals surface area contributed by atoms with Gasteiger partial charge in [-0.3, -0.25) is 0 Å². The molecule has 0 aromatic rings. The third-order valence-corrected chi connectivity index (χ3v) is 0.492. The number of hydrogen-bond donors (Lipinski definition) is 0. The van der Waals surface area contributed by atoms with Crippen LogP contribution in [0.1, 0.15) is 0 Å². The van der Waals surface area contributed by atoms with Crippen molar-refractivity contribution in [1.29, 1.82) is 0 Å². The fraction of sp³-hybridized carbons (Fsp3) is 1.00. The molecule has 2 nitrogen and oxygen atoms in total. The van der Waals surface area contributed by atoms with Crippen molar-refractivity contribution in [2.24, 2.45) is 0 Å². The minimum absolute atomic E-state index is 0.691. The third-order valence-electron chi connectivity index (χ3n) is 0.492. The molecule has 0 atom stereocenters. The molecule has 7 heteroatoms. The van der Waals surface area contributed by atoms with E-state index >= 15 is 0 Å². The Balaban J connectivity index is 0. The Labute approximate surface area is 85.9 Å². The second-order valence-electron chi connectivity index (χ2n) is 1.34. The van der Waals surface area contributed by atoms with Crippen LogP contribution < -0.4 is 0 Å². The molecule has 0 radical (unpaired) electrons. The summed E-state index contributed by atoms with van der Waals surface area (Å²) in [5.41, 5.74) is 0. The van der Waals surface area contributed by atoms with E-state index in [1.807, 2.05) is 0 Å². The molecule has 0 rings (SSSR count). The SMILES string of the molecule is COCCOC.[Cl][W]([Cl])([Cl])[Cl]. The van der Waals surface area contributed by atoms with Crippen molar-refractivity contribution in [1.82, 2.24) is 0 Å². The number of methoxy groups -OCH3 is 2. The molecule has 0 fully saturated rings. The first-order valence-electron chi connectivity index (χ1n) is 2.51. The van der Waals surface area contributed by atoms with Crippen molar-refractivity contribution >= 4 is 37.7 Å². The summed E-state index contributed by atoms with van der Waals surface area (Å²) in [6.07, 6.45) is 0. The molecule has 0 unspecified atom stereocenters. The summed E-state index contributed by atoms with van der Waals surface area (Å²) >= 11 is -3.28. The summed E-state index contributed by atoms with van der Waals surface area (Å²) in [5, 5.41) is 0. The van der Waals surface area contributed by atoms with E-state index < -0.39 is 11.9 Å². The average molecular weight is 416 g/mol. The fourth-order valence-corrected chi connectivity index (χ4v) is 0.167. The summed E-state index contributed by atoms with van der Waals surface area (Å²) in [5.74, 6) is 0.